The summed E-state index contributed by atoms with van der Waals surface area (Å²) in [6.45, 7) is 4.79. The van der Waals surface area contributed by atoms with Crippen LogP contribution in [0.25, 0.3) is 0 Å². The number of nitrogens with one attached hydrogen (secondary N) is 1. The second-order valence-corrected chi connectivity index (χ2v) is 3.43. The maximum atomic E-state index is 12.7. The Hall–Kier alpha value is -0.480. The summed E-state index contributed by atoms with van der Waals surface area (Å²) in [4.78, 5) is 11.4. The van der Waals surface area contributed by atoms with E-state index in [0.29, 0.717) is 18.2 Å². The molecule has 0 aromatic heterocycles. The average molecular weight is 174 g/mol. The van der Waals surface area contributed by atoms with Crippen molar-refractivity contribution >= 4 is 5.78 Å². The van der Waals surface area contributed by atoms with Crippen LogP contribution >= 0.6 is 0 Å². The van der Waals surface area contributed by atoms with Gasteiger partial charge in [-0.25, -0.2) is 0 Å². The molecule has 0 spiro atoms. The van der Waals surface area contributed by atoms with E-state index < -0.39 is 0 Å². The molecule has 0 radical (unpaired) electrons. The molecule has 3 nitrogen and oxygen atoms in total. The molecule has 1 atom stereocenters. The lowest BCUT2D eigenvalue weighted by Crippen LogP contribution is -2.52. The van der Waals surface area contributed by atoms with Gasteiger partial charge < -0.3 is 5.32 Å². The second-order valence-electron chi connectivity index (χ2n) is 3.43. The van der Waals surface area contributed by atoms with E-state index in [0.717, 1.165) is 0 Å². The third-order valence-corrected chi connectivity index (χ3v) is 2.04. The van der Waals surface area contributed by atoms with E-state index in [4.69, 9.17) is 0 Å². The number of ketones is 1. The van der Waals surface area contributed by atoms with Crippen molar-refractivity contribution in [2.45, 2.75) is 19.9 Å². The van der Waals surface area contributed by atoms with Crippen LogP contribution in [0, 0.1) is 5.92 Å². The normalized spacial score (nSPS) is 26.2. The minimum absolute atomic E-state index is 0.0194. The third-order valence-electron chi connectivity index (χ3n) is 2.04. The van der Waals surface area contributed by atoms with Crippen molar-refractivity contribution in [2.75, 3.05) is 19.6 Å². The summed E-state index contributed by atoms with van der Waals surface area (Å²) in [5.41, 5.74) is 0. The molecule has 1 unspecified atom stereocenters. The molecule has 1 rings (SSSR count). The molecule has 1 heterocycles. The van der Waals surface area contributed by atoms with Gasteiger partial charge in [0.2, 0.25) is 0 Å². The Balaban J connectivity index is 2.46. The van der Waals surface area contributed by atoms with Gasteiger partial charge in [-0.1, -0.05) is 13.8 Å². The highest BCUT2D eigenvalue weighted by Gasteiger charge is 2.26. The maximum Gasteiger partial charge on any atom is 0.153 e. The van der Waals surface area contributed by atoms with Crippen molar-refractivity contribution < 1.29 is 9.28 Å². The second kappa shape index (κ2) is 3.96. The van der Waals surface area contributed by atoms with E-state index in [9.17, 15) is 9.28 Å². The fraction of sp³-hybridized carbons (Fsp3) is 0.875. The van der Waals surface area contributed by atoms with Crippen LogP contribution in [-0.4, -0.2) is 36.6 Å². The number of Topliss-reactive ketones (excluding diaryl/α,β-unsaturated/α-hetero) is 1. The van der Waals surface area contributed by atoms with Crippen molar-refractivity contribution in [3.63, 3.8) is 0 Å². The monoisotopic (exact) mass is 174 g/mol. The predicted octanol–water partition coefficient (Wildman–Crippen LogP) is 0.370. The quantitative estimate of drug-likeness (QED) is 0.614. The zero-order valence-corrected chi connectivity index (χ0v) is 7.51. The lowest BCUT2D eigenvalue weighted by atomic mass is 10.0. The Morgan fingerprint density at radius 2 is 2.33 bits per heavy atom. The largest absolute Gasteiger partial charge is 0.305 e. The summed E-state index contributed by atoms with van der Waals surface area (Å²) in [5.74, 6) is 0.0753. The van der Waals surface area contributed by atoms with Gasteiger partial charge in [0.25, 0.3) is 0 Å². The van der Waals surface area contributed by atoms with Crippen molar-refractivity contribution in [2.24, 2.45) is 5.92 Å². The summed E-state index contributed by atoms with van der Waals surface area (Å²) in [6.07, 6.45) is 0. The Morgan fingerprint density at radius 3 is 2.83 bits per heavy atom. The summed E-state index contributed by atoms with van der Waals surface area (Å²) < 4.78 is 12.7. The van der Waals surface area contributed by atoms with Crippen LogP contribution in [-0.2, 0) is 4.79 Å². The molecular weight excluding hydrogens is 159 g/mol. The number of rotatable bonds is 2. The van der Waals surface area contributed by atoms with Crippen molar-refractivity contribution in [1.29, 1.82) is 0 Å². The van der Waals surface area contributed by atoms with Crippen LogP contribution in [0.15, 0.2) is 0 Å². The van der Waals surface area contributed by atoms with E-state index in [1.807, 2.05) is 13.8 Å². The molecule has 0 amide bonds. The summed E-state index contributed by atoms with van der Waals surface area (Å²) in [7, 11) is 0. The standard InChI is InChI=1S/C8H15FN2O/c1-6(2)8(12)7-5-11(9)4-3-10-7/h6-7,10H,3-5H2,1-2H3. The molecule has 4 heteroatoms. The minimum Gasteiger partial charge on any atom is -0.305 e. The molecule has 0 saturated carbocycles. The van der Waals surface area contributed by atoms with Gasteiger partial charge in [-0.15, -0.1) is 9.60 Å². The smallest absolute Gasteiger partial charge is 0.153 e. The van der Waals surface area contributed by atoms with Gasteiger partial charge in [0.15, 0.2) is 5.78 Å². The van der Waals surface area contributed by atoms with E-state index in [1.165, 1.54) is 0 Å². The molecule has 12 heavy (non-hydrogen) atoms. The van der Waals surface area contributed by atoms with Gasteiger partial charge in [-0.2, -0.15) is 0 Å². The van der Waals surface area contributed by atoms with Crippen LogP contribution in [0.5, 0.6) is 0 Å². The first kappa shape index (κ1) is 9.61. The van der Waals surface area contributed by atoms with Gasteiger partial charge >= 0.3 is 0 Å². The van der Waals surface area contributed by atoms with Crippen LogP contribution in [0.4, 0.5) is 4.48 Å². The Bertz CT molecular complexity index is 172. The van der Waals surface area contributed by atoms with Gasteiger partial charge in [0.1, 0.15) is 0 Å². The van der Waals surface area contributed by atoms with E-state index in [2.05, 4.69) is 5.32 Å². The van der Waals surface area contributed by atoms with Gasteiger partial charge in [0, 0.05) is 19.0 Å². The lowest BCUT2D eigenvalue weighted by molar-refractivity contribution is -0.127. The topological polar surface area (TPSA) is 32.3 Å². The predicted molar refractivity (Wildman–Crippen MR) is 44.3 cm³/mol. The molecule has 1 saturated heterocycles. The first-order chi connectivity index (χ1) is 5.61. The minimum atomic E-state index is -0.316. The number of nitrogens with zero attached hydrogens (tertiary/aromatic N) is 1. The number of halogens is 1. The van der Waals surface area contributed by atoms with E-state index in [-0.39, 0.29) is 24.3 Å². The van der Waals surface area contributed by atoms with E-state index in [1.54, 1.807) is 0 Å². The molecule has 0 bridgehead atoms. The summed E-state index contributed by atoms with van der Waals surface area (Å²) in [6, 6.07) is -0.316. The van der Waals surface area contributed by atoms with Crippen LogP contribution < -0.4 is 5.32 Å². The molecule has 0 aliphatic carbocycles. The van der Waals surface area contributed by atoms with Gasteiger partial charge in [-0.3, -0.25) is 4.79 Å². The number of hydrogen-bond acceptors (Lipinski definition) is 3. The first-order valence-electron chi connectivity index (χ1n) is 4.29. The maximum absolute atomic E-state index is 12.7. The Kier molecular flexibility index (Phi) is 3.17. The Labute approximate surface area is 71.9 Å². The molecular formula is C8H15FN2O. The van der Waals surface area contributed by atoms with Crippen LogP contribution in [0.3, 0.4) is 0 Å². The molecule has 0 aromatic rings. The number of carbonyl (C=O) groups is 1. The summed E-state index contributed by atoms with van der Waals surface area (Å²) >= 11 is 0. The van der Waals surface area contributed by atoms with Crippen LogP contribution in [0.1, 0.15) is 13.8 Å². The highest BCUT2D eigenvalue weighted by Crippen LogP contribution is 2.05. The third kappa shape index (κ3) is 2.25. The summed E-state index contributed by atoms with van der Waals surface area (Å²) in [5, 5.41) is 3.70. The fourth-order valence-corrected chi connectivity index (χ4v) is 1.31. The first-order valence-corrected chi connectivity index (χ1v) is 4.29. The number of piperazine rings is 1. The lowest BCUT2D eigenvalue weighted by Gasteiger charge is -2.27. The molecule has 1 N–H and O–H groups in total. The zero-order chi connectivity index (χ0) is 9.14. The number of carbonyl (C=O) groups excluding carboxylic acids is 1. The van der Waals surface area contributed by atoms with Crippen molar-refractivity contribution in [3.8, 4) is 0 Å². The molecule has 70 valence electrons. The van der Waals surface area contributed by atoms with Crippen molar-refractivity contribution in [3.05, 3.63) is 0 Å². The zero-order valence-electron chi connectivity index (χ0n) is 7.51. The fourth-order valence-electron chi connectivity index (χ4n) is 1.31. The van der Waals surface area contributed by atoms with Gasteiger partial charge in [0.05, 0.1) is 12.6 Å². The Morgan fingerprint density at radius 1 is 1.67 bits per heavy atom. The average Bonchev–Trinajstić information content (AvgIpc) is 2.03. The molecule has 1 aliphatic rings. The van der Waals surface area contributed by atoms with Gasteiger partial charge in [-0.05, 0) is 0 Å². The number of hydrogen-bond donors (Lipinski definition) is 1. The highest BCUT2D eigenvalue weighted by atomic mass is 19.2. The van der Waals surface area contributed by atoms with Crippen molar-refractivity contribution in [1.82, 2.24) is 10.4 Å². The highest BCUT2D eigenvalue weighted by molar-refractivity contribution is 5.86. The van der Waals surface area contributed by atoms with Crippen LogP contribution in [0.2, 0.25) is 0 Å². The molecule has 0 aromatic carbocycles. The molecule has 1 fully saturated rings. The molecule has 1 aliphatic heterocycles. The van der Waals surface area contributed by atoms with E-state index >= 15 is 0 Å². The SMILES string of the molecule is CC(C)C(=O)C1CN(F)CCN1.